The van der Waals surface area contributed by atoms with Crippen LogP contribution in [-0.4, -0.2) is 38.0 Å². The lowest BCUT2D eigenvalue weighted by atomic mass is 10.1. The maximum Gasteiger partial charge on any atom is 0.263 e. The molecule has 0 bridgehead atoms. The van der Waals surface area contributed by atoms with Gasteiger partial charge >= 0.3 is 0 Å². The van der Waals surface area contributed by atoms with Crippen molar-refractivity contribution in [2.45, 2.75) is 18.7 Å². The van der Waals surface area contributed by atoms with Gasteiger partial charge in [0, 0.05) is 11.8 Å². The Kier molecular flexibility index (Phi) is 6.71. The van der Waals surface area contributed by atoms with Crippen LogP contribution in [-0.2, 0) is 14.8 Å². The van der Waals surface area contributed by atoms with Crippen molar-refractivity contribution < 1.29 is 22.7 Å². The highest BCUT2D eigenvalue weighted by Gasteiger charge is 2.16. The molecule has 0 unspecified atom stereocenters. The maximum absolute atomic E-state index is 12.5. The fourth-order valence-electron chi connectivity index (χ4n) is 2.72. The first-order valence-electron chi connectivity index (χ1n) is 9.25. The Bertz CT molecular complexity index is 1180. The van der Waals surface area contributed by atoms with Crippen molar-refractivity contribution in [3.8, 4) is 11.6 Å². The standard InChI is InChI=1S/C21H22N4O5S/c1-14-4-9-18(15(2)10-14)30-12-20(26)24-16-5-7-17(8-6-16)31(27,28)25-19-11-21(29-3)23-13-22-19/h4-11,13H,12H2,1-3H3,(H,24,26)(H,22,23,25). The number of hydrogen-bond donors (Lipinski definition) is 2. The predicted octanol–water partition coefficient (Wildman–Crippen LogP) is 2.92. The summed E-state index contributed by atoms with van der Waals surface area (Å²) >= 11 is 0. The van der Waals surface area contributed by atoms with Crippen LogP contribution in [0.4, 0.5) is 11.5 Å². The summed E-state index contributed by atoms with van der Waals surface area (Å²) in [5, 5.41) is 2.67. The molecule has 0 atom stereocenters. The van der Waals surface area contributed by atoms with Crippen LogP contribution in [0.5, 0.6) is 11.6 Å². The van der Waals surface area contributed by atoms with Crippen molar-refractivity contribution in [2.24, 2.45) is 0 Å². The Morgan fingerprint density at radius 1 is 1.03 bits per heavy atom. The van der Waals surface area contributed by atoms with Crippen LogP contribution in [0.25, 0.3) is 0 Å². The molecule has 2 aromatic carbocycles. The molecular weight excluding hydrogens is 420 g/mol. The highest BCUT2D eigenvalue weighted by Crippen LogP contribution is 2.20. The maximum atomic E-state index is 12.5. The van der Waals surface area contributed by atoms with E-state index in [1.165, 1.54) is 43.8 Å². The number of hydrogen-bond acceptors (Lipinski definition) is 7. The molecule has 2 N–H and O–H groups in total. The highest BCUT2D eigenvalue weighted by atomic mass is 32.2. The molecule has 0 saturated heterocycles. The largest absolute Gasteiger partial charge is 0.483 e. The third-order valence-electron chi connectivity index (χ3n) is 4.23. The van der Waals surface area contributed by atoms with Crippen LogP contribution in [0.1, 0.15) is 11.1 Å². The average molecular weight is 442 g/mol. The number of amides is 1. The third-order valence-corrected chi connectivity index (χ3v) is 5.60. The minimum absolute atomic E-state index is 0.00890. The van der Waals surface area contributed by atoms with Gasteiger partial charge in [-0.25, -0.2) is 18.4 Å². The van der Waals surface area contributed by atoms with Crippen LogP contribution in [0, 0.1) is 13.8 Å². The minimum atomic E-state index is -3.87. The molecule has 0 saturated carbocycles. The molecule has 1 aromatic heterocycles. The number of benzene rings is 2. The lowest BCUT2D eigenvalue weighted by molar-refractivity contribution is -0.118. The molecule has 0 radical (unpaired) electrons. The van der Waals surface area contributed by atoms with Gasteiger partial charge in [-0.2, -0.15) is 0 Å². The number of carbonyl (C=O) groups excluding carboxylic acids is 1. The molecule has 10 heteroatoms. The molecule has 0 aliphatic rings. The van der Waals surface area contributed by atoms with Crippen LogP contribution in [0.2, 0.25) is 0 Å². The molecule has 162 valence electrons. The number of rotatable bonds is 8. The summed E-state index contributed by atoms with van der Waals surface area (Å²) in [6.07, 6.45) is 1.19. The molecule has 9 nitrogen and oxygen atoms in total. The van der Waals surface area contributed by atoms with Gasteiger partial charge in [-0.1, -0.05) is 17.7 Å². The molecule has 3 aromatic rings. The fourth-order valence-corrected chi connectivity index (χ4v) is 3.72. The number of carbonyl (C=O) groups is 1. The van der Waals surface area contributed by atoms with Crippen LogP contribution in [0.3, 0.4) is 0 Å². The second kappa shape index (κ2) is 9.43. The molecular formula is C21H22N4O5S. The number of sulfonamides is 1. The summed E-state index contributed by atoms with van der Waals surface area (Å²) in [6.45, 7) is 3.72. The molecule has 3 rings (SSSR count). The number of nitrogens with one attached hydrogen (secondary N) is 2. The molecule has 31 heavy (non-hydrogen) atoms. The number of aryl methyl sites for hydroxylation is 2. The van der Waals surface area contributed by atoms with Gasteiger partial charge in [-0.05, 0) is 49.7 Å². The Morgan fingerprint density at radius 2 is 1.77 bits per heavy atom. The molecule has 0 aliphatic heterocycles. The normalized spacial score (nSPS) is 10.9. The average Bonchev–Trinajstić information content (AvgIpc) is 2.73. The van der Waals surface area contributed by atoms with Crippen LogP contribution in [0.15, 0.2) is 59.8 Å². The summed E-state index contributed by atoms with van der Waals surface area (Å²) in [5.74, 6) is 0.581. The van der Waals surface area contributed by atoms with E-state index in [0.717, 1.165) is 11.1 Å². The van der Waals surface area contributed by atoms with E-state index in [0.29, 0.717) is 11.4 Å². The van der Waals surface area contributed by atoms with Gasteiger partial charge in [0.25, 0.3) is 15.9 Å². The van der Waals surface area contributed by atoms with Crippen molar-refractivity contribution in [1.82, 2.24) is 9.97 Å². The predicted molar refractivity (Wildman–Crippen MR) is 116 cm³/mol. The molecule has 0 aliphatic carbocycles. The Morgan fingerprint density at radius 3 is 2.45 bits per heavy atom. The molecule has 0 fully saturated rings. The third kappa shape index (κ3) is 5.92. The summed E-state index contributed by atoms with van der Waals surface area (Å²) < 4.78 is 37.9. The Hall–Kier alpha value is -3.66. The van der Waals surface area contributed by atoms with Gasteiger partial charge in [0.2, 0.25) is 5.88 Å². The van der Waals surface area contributed by atoms with Gasteiger partial charge in [0.15, 0.2) is 6.61 Å². The zero-order chi connectivity index (χ0) is 22.4. The SMILES string of the molecule is COc1cc(NS(=O)(=O)c2ccc(NC(=O)COc3ccc(C)cc3C)cc2)ncn1. The van der Waals surface area contributed by atoms with E-state index in [4.69, 9.17) is 9.47 Å². The smallest absolute Gasteiger partial charge is 0.263 e. The molecule has 1 amide bonds. The first-order valence-corrected chi connectivity index (χ1v) is 10.7. The summed E-state index contributed by atoms with van der Waals surface area (Å²) in [7, 11) is -2.45. The topological polar surface area (TPSA) is 120 Å². The molecule has 1 heterocycles. The Balaban J connectivity index is 1.60. The minimum Gasteiger partial charge on any atom is -0.483 e. The van der Waals surface area contributed by atoms with Gasteiger partial charge in [-0.3, -0.25) is 9.52 Å². The lowest BCUT2D eigenvalue weighted by Crippen LogP contribution is -2.20. The van der Waals surface area contributed by atoms with Gasteiger partial charge in [0.1, 0.15) is 17.9 Å². The number of anilines is 2. The fraction of sp³-hybridized carbons (Fsp3) is 0.190. The Labute approximate surface area is 180 Å². The zero-order valence-electron chi connectivity index (χ0n) is 17.2. The number of ether oxygens (including phenoxy) is 2. The van der Waals surface area contributed by atoms with Crippen molar-refractivity contribution >= 4 is 27.4 Å². The lowest BCUT2D eigenvalue weighted by Gasteiger charge is -2.11. The van der Waals surface area contributed by atoms with E-state index in [2.05, 4.69) is 20.0 Å². The van der Waals surface area contributed by atoms with Crippen molar-refractivity contribution in [3.63, 3.8) is 0 Å². The molecule has 0 spiro atoms. The first-order chi connectivity index (χ1) is 14.8. The number of nitrogens with zero attached hydrogens (tertiary/aromatic N) is 2. The monoisotopic (exact) mass is 442 g/mol. The van der Waals surface area contributed by atoms with Gasteiger partial charge in [-0.15, -0.1) is 0 Å². The van der Waals surface area contributed by atoms with Crippen molar-refractivity contribution in [2.75, 3.05) is 23.8 Å². The number of methoxy groups -OCH3 is 1. The summed E-state index contributed by atoms with van der Waals surface area (Å²) in [4.78, 5) is 19.8. The van der Waals surface area contributed by atoms with Crippen molar-refractivity contribution in [3.05, 3.63) is 66.0 Å². The van der Waals surface area contributed by atoms with Gasteiger partial charge in [0.05, 0.1) is 12.0 Å². The van der Waals surface area contributed by atoms with E-state index in [9.17, 15) is 13.2 Å². The second-order valence-corrected chi connectivity index (χ2v) is 8.36. The van der Waals surface area contributed by atoms with Crippen LogP contribution >= 0.6 is 0 Å². The highest BCUT2D eigenvalue weighted by molar-refractivity contribution is 7.92. The van der Waals surface area contributed by atoms with Gasteiger partial charge < -0.3 is 14.8 Å². The summed E-state index contributed by atoms with van der Waals surface area (Å²) in [5.41, 5.74) is 2.49. The van der Waals surface area contributed by atoms with Crippen molar-refractivity contribution in [1.29, 1.82) is 0 Å². The number of aromatic nitrogens is 2. The zero-order valence-corrected chi connectivity index (χ0v) is 18.1. The van der Waals surface area contributed by atoms with E-state index >= 15 is 0 Å². The van der Waals surface area contributed by atoms with E-state index in [-0.39, 0.29) is 29.1 Å². The first kappa shape index (κ1) is 22.0. The van der Waals surface area contributed by atoms with E-state index < -0.39 is 10.0 Å². The van der Waals surface area contributed by atoms with E-state index in [1.807, 2.05) is 32.0 Å². The second-order valence-electron chi connectivity index (χ2n) is 6.68. The van der Waals surface area contributed by atoms with E-state index in [1.54, 1.807) is 0 Å². The van der Waals surface area contributed by atoms with Crippen LogP contribution < -0.4 is 19.5 Å². The summed E-state index contributed by atoms with van der Waals surface area (Å²) in [6, 6.07) is 12.8. The quantitative estimate of drug-likeness (QED) is 0.550.